The zero-order valence-corrected chi connectivity index (χ0v) is 21.2. The largest absolute Gasteiger partial charge is 0.482 e. The van der Waals surface area contributed by atoms with E-state index in [2.05, 4.69) is 24.1 Å². The van der Waals surface area contributed by atoms with Gasteiger partial charge in [0.15, 0.2) is 11.6 Å². The van der Waals surface area contributed by atoms with E-state index < -0.39 is 11.9 Å². The summed E-state index contributed by atoms with van der Waals surface area (Å²) in [5.74, 6) is -0.0806. The zero-order chi connectivity index (χ0) is 25.3. The molecule has 184 valence electrons. The van der Waals surface area contributed by atoms with Crippen molar-refractivity contribution < 1.29 is 13.9 Å². The molecule has 1 fully saturated rings. The van der Waals surface area contributed by atoms with E-state index in [-0.39, 0.29) is 28.8 Å². The molecule has 0 saturated carbocycles. The summed E-state index contributed by atoms with van der Waals surface area (Å²) in [6.45, 7) is 7.20. The maximum absolute atomic E-state index is 14.0. The van der Waals surface area contributed by atoms with Gasteiger partial charge < -0.3 is 20.7 Å². The van der Waals surface area contributed by atoms with Crippen molar-refractivity contribution in [3.63, 3.8) is 0 Å². The molecule has 2 heterocycles. The lowest BCUT2D eigenvalue weighted by Gasteiger charge is -2.36. The number of nitrogens with zero attached hydrogens (tertiary/aromatic N) is 2. The Labute approximate surface area is 214 Å². The molecule has 0 bridgehead atoms. The third-order valence-electron chi connectivity index (χ3n) is 5.98. The van der Waals surface area contributed by atoms with Crippen LogP contribution in [0.5, 0.6) is 5.75 Å². The molecule has 4 rings (SSSR count). The molecule has 0 spiro atoms. The molecule has 2 aromatic carbocycles. The molecule has 1 aliphatic rings. The van der Waals surface area contributed by atoms with Crippen LogP contribution >= 0.6 is 23.2 Å². The SMILES string of the molecule is CC1CN(C(=O)c2ccc(-c3cnc(N)c(OC(C)c4c(Cl)ccc(F)c4Cl)c3)cc2)CC(C)N1. The van der Waals surface area contributed by atoms with E-state index in [4.69, 9.17) is 33.7 Å². The quantitative estimate of drug-likeness (QED) is 0.422. The fourth-order valence-electron chi connectivity index (χ4n) is 4.35. The molecular formula is C26H27Cl2FN4O2. The molecule has 0 radical (unpaired) electrons. The first-order chi connectivity index (χ1) is 16.6. The number of nitrogens with one attached hydrogen (secondary N) is 1. The Balaban J connectivity index is 1.54. The molecule has 6 nitrogen and oxygen atoms in total. The van der Waals surface area contributed by atoms with Gasteiger partial charge in [0.05, 0.1) is 5.02 Å². The standard InChI is InChI=1S/C26H27Cl2FN4O2/c1-14-12-33(13-15(2)32-14)26(34)18-6-4-17(5-7-18)19-10-22(25(30)31-11-19)35-16(3)23-20(27)8-9-21(29)24(23)28/h4-11,14-16,32H,12-13H2,1-3H3,(H2,30,31). The van der Waals surface area contributed by atoms with Crippen molar-refractivity contribution in [3.05, 3.63) is 75.7 Å². The number of carbonyl (C=O) groups excluding carboxylic acids is 1. The van der Waals surface area contributed by atoms with Crippen LogP contribution in [0.3, 0.4) is 0 Å². The summed E-state index contributed by atoms with van der Waals surface area (Å²) in [7, 11) is 0. The molecule has 1 saturated heterocycles. The number of ether oxygens (including phenoxy) is 1. The lowest BCUT2D eigenvalue weighted by atomic mass is 10.0. The predicted molar refractivity (Wildman–Crippen MR) is 138 cm³/mol. The minimum Gasteiger partial charge on any atom is -0.482 e. The van der Waals surface area contributed by atoms with Crippen molar-refractivity contribution in [2.75, 3.05) is 18.8 Å². The van der Waals surface area contributed by atoms with E-state index in [0.29, 0.717) is 35.0 Å². The van der Waals surface area contributed by atoms with Crippen LogP contribution in [0.1, 0.15) is 42.8 Å². The van der Waals surface area contributed by atoms with E-state index in [9.17, 15) is 9.18 Å². The number of benzene rings is 2. The number of anilines is 1. The first kappa shape index (κ1) is 25.2. The van der Waals surface area contributed by atoms with Crippen LogP contribution < -0.4 is 15.8 Å². The molecule has 35 heavy (non-hydrogen) atoms. The highest BCUT2D eigenvalue weighted by Gasteiger charge is 2.25. The van der Waals surface area contributed by atoms with Crippen LogP contribution in [-0.2, 0) is 0 Å². The fourth-order valence-corrected chi connectivity index (χ4v) is 5.03. The van der Waals surface area contributed by atoms with Crippen LogP contribution in [-0.4, -0.2) is 41.0 Å². The molecular weight excluding hydrogens is 490 g/mol. The molecule has 3 N–H and O–H groups in total. The van der Waals surface area contributed by atoms with Gasteiger partial charge in [-0.1, -0.05) is 35.3 Å². The molecule has 1 aliphatic heterocycles. The monoisotopic (exact) mass is 516 g/mol. The van der Waals surface area contributed by atoms with E-state index in [1.807, 2.05) is 17.0 Å². The van der Waals surface area contributed by atoms with Crippen LogP contribution in [0.2, 0.25) is 10.0 Å². The van der Waals surface area contributed by atoms with Gasteiger partial charge in [0.2, 0.25) is 0 Å². The number of pyridine rings is 1. The third kappa shape index (κ3) is 5.53. The summed E-state index contributed by atoms with van der Waals surface area (Å²) in [5.41, 5.74) is 8.59. The van der Waals surface area contributed by atoms with Crippen molar-refractivity contribution in [3.8, 4) is 16.9 Å². The average molecular weight is 517 g/mol. The maximum atomic E-state index is 14.0. The van der Waals surface area contributed by atoms with Crippen molar-refractivity contribution in [2.24, 2.45) is 0 Å². The maximum Gasteiger partial charge on any atom is 0.253 e. The second kappa shape index (κ2) is 10.4. The summed E-state index contributed by atoms with van der Waals surface area (Å²) >= 11 is 12.3. The number of hydrogen-bond donors (Lipinski definition) is 2. The van der Waals surface area contributed by atoms with Crippen LogP contribution in [0, 0.1) is 5.82 Å². The lowest BCUT2D eigenvalue weighted by molar-refractivity contribution is 0.0674. The number of carbonyl (C=O) groups is 1. The summed E-state index contributed by atoms with van der Waals surface area (Å²) in [6.07, 6.45) is 0.958. The average Bonchev–Trinajstić information content (AvgIpc) is 2.82. The number of nitrogens with two attached hydrogens (primary N) is 1. The molecule has 1 amide bonds. The smallest absolute Gasteiger partial charge is 0.253 e. The molecule has 0 aliphatic carbocycles. The molecule has 3 atom stereocenters. The molecule has 3 unspecified atom stereocenters. The van der Waals surface area contributed by atoms with Crippen molar-refractivity contribution in [2.45, 2.75) is 39.0 Å². The van der Waals surface area contributed by atoms with E-state index in [1.165, 1.54) is 12.1 Å². The fraction of sp³-hybridized carbons (Fsp3) is 0.308. The van der Waals surface area contributed by atoms with Crippen molar-refractivity contribution in [1.29, 1.82) is 0 Å². The highest BCUT2D eigenvalue weighted by Crippen LogP contribution is 2.37. The molecule has 3 aromatic rings. The Bertz CT molecular complexity index is 1230. The van der Waals surface area contributed by atoms with Gasteiger partial charge in [0, 0.05) is 53.1 Å². The minimum absolute atomic E-state index is 0.00822. The van der Waals surface area contributed by atoms with E-state index in [1.54, 1.807) is 31.3 Å². The van der Waals surface area contributed by atoms with E-state index >= 15 is 0 Å². The summed E-state index contributed by atoms with van der Waals surface area (Å²) < 4.78 is 19.9. The number of piperazine rings is 1. The Morgan fingerprint density at radius 3 is 2.46 bits per heavy atom. The Kier molecular flexibility index (Phi) is 7.50. The lowest BCUT2D eigenvalue weighted by Crippen LogP contribution is -2.55. The number of nitrogen functional groups attached to an aromatic ring is 1. The third-order valence-corrected chi connectivity index (χ3v) is 6.70. The highest BCUT2D eigenvalue weighted by molar-refractivity contribution is 6.36. The van der Waals surface area contributed by atoms with Crippen molar-refractivity contribution >= 4 is 34.9 Å². The molecule has 9 heteroatoms. The number of hydrogen-bond acceptors (Lipinski definition) is 5. The normalized spacial score (nSPS) is 18.9. The first-order valence-corrected chi connectivity index (χ1v) is 12.1. The number of aromatic nitrogens is 1. The summed E-state index contributed by atoms with van der Waals surface area (Å²) in [6, 6.07) is 12.2. The second-order valence-electron chi connectivity index (χ2n) is 8.88. The minimum atomic E-state index is -0.672. The topological polar surface area (TPSA) is 80.5 Å². The summed E-state index contributed by atoms with van der Waals surface area (Å²) in [5, 5.41) is 3.63. The van der Waals surface area contributed by atoms with Crippen LogP contribution in [0.25, 0.3) is 11.1 Å². The number of halogens is 3. The van der Waals surface area contributed by atoms with Gasteiger partial charge in [0.1, 0.15) is 11.9 Å². The first-order valence-electron chi connectivity index (χ1n) is 11.4. The Morgan fingerprint density at radius 1 is 1.14 bits per heavy atom. The van der Waals surface area contributed by atoms with Gasteiger partial charge in [-0.3, -0.25) is 4.79 Å². The van der Waals surface area contributed by atoms with Crippen LogP contribution in [0.4, 0.5) is 10.2 Å². The van der Waals surface area contributed by atoms with Crippen LogP contribution in [0.15, 0.2) is 48.7 Å². The Hall–Kier alpha value is -2.87. The predicted octanol–water partition coefficient (Wildman–Crippen LogP) is 5.74. The van der Waals surface area contributed by atoms with Gasteiger partial charge in [-0.2, -0.15) is 0 Å². The van der Waals surface area contributed by atoms with Gasteiger partial charge in [-0.15, -0.1) is 0 Å². The number of rotatable bonds is 5. The van der Waals surface area contributed by atoms with Gasteiger partial charge in [-0.25, -0.2) is 9.37 Å². The van der Waals surface area contributed by atoms with Gasteiger partial charge in [-0.05, 0) is 56.7 Å². The van der Waals surface area contributed by atoms with Crippen molar-refractivity contribution in [1.82, 2.24) is 15.2 Å². The zero-order valence-electron chi connectivity index (χ0n) is 19.7. The van der Waals surface area contributed by atoms with Gasteiger partial charge in [0.25, 0.3) is 5.91 Å². The highest BCUT2D eigenvalue weighted by atomic mass is 35.5. The van der Waals surface area contributed by atoms with E-state index in [0.717, 1.165) is 11.1 Å². The summed E-state index contributed by atoms with van der Waals surface area (Å²) in [4.78, 5) is 19.1. The van der Waals surface area contributed by atoms with Gasteiger partial charge >= 0.3 is 0 Å². The Morgan fingerprint density at radius 2 is 1.80 bits per heavy atom. The second-order valence-corrected chi connectivity index (χ2v) is 9.67. The molecule has 1 aromatic heterocycles. The number of amides is 1.